The Balaban J connectivity index is 1.98. The molecule has 3 rings (SSSR count). The van der Waals surface area contributed by atoms with Crippen molar-refractivity contribution in [1.29, 1.82) is 0 Å². The highest BCUT2D eigenvalue weighted by Crippen LogP contribution is 2.23. The van der Waals surface area contributed by atoms with Crippen LogP contribution in [0, 0.1) is 5.92 Å². The topological polar surface area (TPSA) is 180 Å². The number of H-pyrrole nitrogens is 1. The van der Waals surface area contributed by atoms with Crippen molar-refractivity contribution in [2.75, 3.05) is 6.54 Å². The van der Waals surface area contributed by atoms with Crippen molar-refractivity contribution in [2.45, 2.75) is 96.6 Å². The fourth-order valence-corrected chi connectivity index (χ4v) is 5.45. The number of carbonyl (C=O) groups is 4. The van der Waals surface area contributed by atoms with Gasteiger partial charge in [0.2, 0.25) is 17.7 Å². The lowest BCUT2D eigenvalue weighted by Gasteiger charge is -2.41. The molecule has 3 aromatic rings. The largest absolute Gasteiger partial charge is 0.444 e. The number of alkyl carbamates (subject to hydrolysis) is 1. The maximum atomic E-state index is 14.8. The predicted octanol–water partition coefficient (Wildman–Crippen LogP) is 3.30. The standard InChI is InChI=1S/C36H50N6O6/c1-24(2)18-29(31(43)22-39-32(44)17-16-25-12-8-6-9-13-25)42(30(33(37)45)20-27-21-38-23-40-27)34(46)28(19-26-14-10-7-11-15-26)41-35(47)48-36(3,4)5/h6-15,21,23-24,28-31,43H,16-20,22H2,1-5H3,(H2,37,45)(H,38,40)(H,39,44)(H,41,47)/t28-,29?,30-,31-/m0/s1. The molecule has 0 spiro atoms. The number of hydrogen-bond acceptors (Lipinski definition) is 7. The first-order valence-electron chi connectivity index (χ1n) is 16.3. The van der Waals surface area contributed by atoms with Crippen LogP contribution in [-0.2, 0) is 38.4 Å². The number of imidazole rings is 1. The number of nitrogens with zero attached hydrogens (tertiary/aromatic N) is 2. The first-order chi connectivity index (χ1) is 22.7. The fourth-order valence-electron chi connectivity index (χ4n) is 5.45. The second-order valence-electron chi connectivity index (χ2n) is 13.4. The molecule has 4 amide bonds. The third kappa shape index (κ3) is 12.5. The Morgan fingerprint density at radius 1 is 0.979 bits per heavy atom. The van der Waals surface area contributed by atoms with Crippen LogP contribution in [0.25, 0.3) is 0 Å². The van der Waals surface area contributed by atoms with E-state index in [4.69, 9.17) is 10.5 Å². The summed E-state index contributed by atoms with van der Waals surface area (Å²) in [5.74, 6) is -1.74. The van der Waals surface area contributed by atoms with E-state index in [9.17, 15) is 24.3 Å². The van der Waals surface area contributed by atoms with E-state index in [0.717, 1.165) is 11.1 Å². The molecule has 12 heteroatoms. The third-order valence-electron chi connectivity index (χ3n) is 7.66. The lowest BCUT2D eigenvalue weighted by atomic mass is 9.92. The number of carbonyl (C=O) groups excluding carboxylic acids is 4. The van der Waals surface area contributed by atoms with Gasteiger partial charge in [-0.2, -0.15) is 0 Å². The van der Waals surface area contributed by atoms with Gasteiger partial charge in [0.05, 0.1) is 18.5 Å². The van der Waals surface area contributed by atoms with Crippen LogP contribution in [0.5, 0.6) is 0 Å². The summed E-state index contributed by atoms with van der Waals surface area (Å²) >= 11 is 0. The number of hydrogen-bond donors (Lipinski definition) is 5. The Hall–Kier alpha value is -4.71. The first-order valence-corrected chi connectivity index (χ1v) is 16.3. The molecular weight excluding hydrogens is 612 g/mol. The van der Waals surface area contributed by atoms with Crippen molar-refractivity contribution in [1.82, 2.24) is 25.5 Å². The van der Waals surface area contributed by atoms with Crippen LogP contribution in [0.3, 0.4) is 0 Å². The smallest absolute Gasteiger partial charge is 0.408 e. The van der Waals surface area contributed by atoms with Crippen LogP contribution in [0.1, 0.15) is 64.3 Å². The molecule has 1 unspecified atom stereocenters. The highest BCUT2D eigenvalue weighted by Gasteiger charge is 2.41. The van der Waals surface area contributed by atoms with Crippen molar-refractivity contribution in [3.63, 3.8) is 0 Å². The van der Waals surface area contributed by atoms with Gasteiger partial charge in [-0.1, -0.05) is 74.5 Å². The molecule has 0 aliphatic heterocycles. The number of nitrogens with two attached hydrogens (primary N) is 1. The first kappa shape index (κ1) is 37.7. The van der Waals surface area contributed by atoms with E-state index in [-0.39, 0.29) is 44.1 Å². The minimum atomic E-state index is -1.28. The number of primary amides is 1. The maximum Gasteiger partial charge on any atom is 0.408 e. The number of amides is 4. The maximum absolute atomic E-state index is 14.8. The van der Waals surface area contributed by atoms with Crippen LogP contribution in [0.2, 0.25) is 0 Å². The summed E-state index contributed by atoms with van der Waals surface area (Å²) in [6.07, 6.45) is 1.94. The lowest BCUT2D eigenvalue weighted by molar-refractivity contribution is -0.147. The molecule has 0 aliphatic carbocycles. The minimum absolute atomic E-state index is 0.0175. The summed E-state index contributed by atoms with van der Waals surface area (Å²) in [5, 5.41) is 17.2. The Bertz CT molecular complexity index is 1440. The van der Waals surface area contributed by atoms with Gasteiger partial charge >= 0.3 is 6.09 Å². The zero-order chi connectivity index (χ0) is 35.3. The van der Waals surface area contributed by atoms with Crippen molar-refractivity contribution >= 4 is 23.8 Å². The predicted molar refractivity (Wildman–Crippen MR) is 182 cm³/mol. The molecule has 260 valence electrons. The van der Waals surface area contributed by atoms with Crippen LogP contribution >= 0.6 is 0 Å². The Morgan fingerprint density at radius 3 is 2.15 bits per heavy atom. The van der Waals surface area contributed by atoms with Gasteiger partial charge in [0.25, 0.3) is 0 Å². The Morgan fingerprint density at radius 2 is 1.60 bits per heavy atom. The van der Waals surface area contributed by atoms with E-state index in [0.29, 0.717) is 12.1 Å². The molecule has 12 nitrogen and oxygen atoms in total. The molecule has 0 fully saturated rings. The van der Waals surface area contributed by atoms with Gasteiger partial charge in [0.1, 0.15) is 17.7 Å². The molecule has 1 aromatic heterocycles. The van der Waals surface area contributed by atoms with Crippen molar-refractivity contribution in [3.8, 4) is 0 Å². The van der Waals surface area contributed by atoms with Gasteiger partial charge in [0, 0.05) is 37.7 Å². The summed E-state index contributed by atoms with van der Waals surface area (Å²) in [4.78, 5) is 62.1. The molecule has 1 heterocycles. The number of aliphatic hydroxyl groups is 1. The van der Waals surface area contributed by atoms with Crippen molar-refractivity contribution in [3.05, 3.63) is 90.0 Å². The zero-order valence-electron chi connectivity index (χ0n) is 28.5. The Labute approximate surface area is 282 Å². The second kappa shape index (κ2) is 18.0. The monoisotopic (exact) mass is 662 g/mol. The summed E-state index contributed by atoms with van der Waals surface area (Å²) in [5.41, 5.74) is 7.45. The molecule has 0 saturated heterocycles. The van der Waals surface area contributed by atoms with Gasteiger partial charge in [-0.05, 0) is 50.7 Å². The van der Waals surface area contributed by atoms with Gasteiger partial charge < -0.3 is 36.1 Å². The molecule has 6 N–H and O–H groups in total. The van der Waals surface area contributed by atoms with Gasteiger partial charge in [-0.3, -0.25) is 14.4 Å². The minimum Gasteiger partial charge on any atom is -0.444 e. The molecule has 0 radical (unpaired) electrons. The molecule has 48 heavy (non-hydrogen) atoms. The molecule has 0 saturated carbocycles. The Kier molecular flexibility index (Phi) is 14.2. The van der Waals surface area contributed by atoms with E-state index in [2.05, 4.69) is 20.6 Å². The molecule has 2 aromatic carbocycles. The fraction of sp³-hybridized carbons (Fsp3) is 0.472. The average molecular weight is 663 g/mol. The second-order valence-corrected chi connectivity index (χ2v) is 13.4. The number of ether oxygens (including phenoxy) is 1. The number of nitrogens with one attached hydrogen (secondary N) is 3. The lowest BCUT2D eigenvalue weighted by Crippen LogP contribution is -2.63. The third-order valence-corrected chi connectivity index (χ3v) is 7.66. The van der Waals surface area contributed by atoms with Gasteiger partial charge in [-0.25, -0.2) is 9.78 Å². The van der Waals surface area contributed by atoms with Gasteiger partial charge in [0.15, 0.2) is 0 Å². The van der Waals surface area contributed by atoms with E-state index < -0.39 is 47.7 Å². The quantitative estimate of drug-likeness (QED) is 0.147. The van der Waals surface area contributed by atoms with Crippen LogP contribution in [0.4, 0.5) is 4.79 Å². The van der Waals surface area contributed by atoms with E-state index in [1.165, 1.54) is 17.4 Å². The SMILES string of the molecule is CC(C)CC([C@@H](O)CNC(=O)CCc1ccccc1)N(C(=O)[C@H](Cc1ccccc1)NC(=O)OC(C)(C)C)[C@@H](Cc1cnc[nH]1)C(N)=O. The van der Waals surface area contributed by atoms with E-state index in [1.807, 2.05) is 74.5 Å². The van der Waals surface area contributed by atoms with Crippen LogP contribution in [-0.4, -0.2) is 80.2 Å². The zero-order valence-corrected chi connectivity index (χ0v) is 28.5. The summed E-state index contributed by atoms with van der Waals surface area (Å²) in [6, 6.07) is 15.3. The molecule has 0 bridgehead atoms. The number of aliphatic hydroxyl groups excluding tert-OH is 1. The normalized spacial score (nSPS) is 14.0. The van der Waals surface area contributed by atoms with Crippen molar-refractivity contribution in [2.24, 2.45) is 11.7 Å². The number of aryl methyl sites for hydroxylation is 1. The number of rotatable bonds is 17. The molecule has 4 atom stereocenters. The summed E-state index contributed by atoms with van der Waals surface area (Å²) in [6.45, 7) is 8.81. The summed E-state index contributed by atoms with van der Waals surface area (Å²) in [7, 11) is 0. The van der Waals surface area contributed by atoms with Crippen LogP contribution in [0.15, 0.2) is 73.2 Å². The highest BCUT2D eigenvalue weighted by molar-refractivity contribution is 5.91. The molecule has 0 aliphatic rings. The van der Waals surface area contributed by atoms with Gasteiger partial charge in [-0.15, -0.1) is 0 Å². The van der Waals surface area contributed by atoms with E-state index in [1.54, 1.807) is 20.8 Å². The van der Waals surface area contributed by atoms with Crippen LogP contribution < -0.4 is 16.4 Å². The van der Waals surface area contributed by atoms with Crippen molar-refractivity contribution < 1.29 is 29.0 Å². The number of aromatic nitrogens is 2. The molecular formula is C36H50N6O6. The summed E-state index contributed by atoms with van der Waals surface area (Å²) < 4.78 is 5.50. The van der Waals surface area contributed by atoms with E-state index >= 15 is 0 Å². The number of aromatic amines is 1. The number of benzene rings is 2. The average Bonchev–Trinajstić information content (AvgIpc) is 3.54. The highest BCUT2D eigenvalue weighted by atomic mass is 16.6.